The van der Waals surface area contributed by atoms with E-state index in [1.54, 1.807) is 13.8 Å². The maximum atomic E-state index is 12.8. The Morgan fingerprint density at radius 1 is 1.08 bits per heavy atom. The number of hydrogen-bond donors (Lipinski definition) is 2. The van der Waals surface area contributed by atoms with Gasteiger partial charge >= 0.3 is 0 Å². The summed E-state index contributed by atoms with van der Waals surface area (Å²) in [6, 6.07) is 7.64. The van der Waals surface area contributed by atoms with Gasteiger partial charge in [-0.3, -0.25) is 19.3 Å². The van der Waals surface area contributed by atoms with Crippen LogP contribution in [0.3, 0.4) is 0 Å². The molecule has 0 saturated heterocycles. The van der Waals surface area contributed by atoms with Crippen LogP contribution in [0.25, 0.3) is 21.9 Å². The van der Waals surface area contributed by atoms with Crippen LogP contribution in [0.5, 0.6) is 0 Å². The summed E-state index contributed by atoms with van der Waals surface area (Å²) in [6.45, 7) is 6.81. The fourth-order valence-electron chi connectivity index (χ4n) is 4.41. The zero-order chi connectivity index (χ0) is 26.6. The molecule has 196 valence electrons. The van der Waals surface area contributed by atoms with Gasteiger partial charge in [-0.05, 0) is 39.7 Å². The minimum atomic E-state index is -0.997. The molecule has 4 rings (SSSR count). The fraction of sp³-hybridized carbons (Fsp3) is 0.444. The number of pyridine rings is 1. The number of aliphatic hydroxyl groups is 1. The van der Waals surface area contributed by atoms with Gasteiger partial charge in [0.1, 0.15) is 17.9 Å². The molecular weight excluding hydrogens is 474 g/mol. The molecule has 37 heavy (non-hydrogen) atoms. The van der Waals surface area contributed by atoms with Crippen molar-refractivity contribution in [3.63, 3.8) is 0 Å². The Morgan fingerprint density at radius 3 is 2.51 bits per heavy atom. The Kier molecular flexibility index (Phi) is 7.99. The monoisotopic (exact) mass is 507 g/mol. The number of amides is 3. The first-order valence-electron chi connectivity index (χ1n) is 12.6. The average Bonchev–Trinajstić information content (AvgIpc) is 3.36. The largest absolute Gasteiger partial charge is 0.389 e. The van der Waals surface area contributed by atoms with Gasteiger partial charge in [-0.1, -0.05) is 24.6 Å². The second-order valence-corrected chi connectivity index (χ2v) is 9.76. The summed E-state index contributed by atoms with van der Waals surface area (Å²) in [6.07, 6.45) is 4.75. The standard InChI is InChI=1S/C27H33N5O5/c1-4-37-16-20-29-24-25(32(20)17-27(2,3)36)18-10-7-8-11-19(18)28-26(24)30-21(33)12-6-5-9-15-31-22(34)13-14-23(31)35/h7-8,10-11,13-14,36H,4-6,9,12,15-17H2,1-3H3,(H,28,30,33). The molecule has 0 bridgehead atoms. The summed E-state index contributed by atoms with van der Waals surface area (Å²) in [5, 5.41) is 14.4. The lowest BCUT2D eigenvalue weighted by Crippen LogP contribution is -2.30. The number of nitrogens with zero attached hydrogens (tertiary/aromatic N) is 4. The third-order valence-electron chi connectivity index (χ3n) is 6.09. The van der Waals surface area contributed by atoms with E-state index in [-0.39, 0.29) is 30.7 Å². The van der Waals surface area contributed by atoms with Crippen molar-refractivity contribution in [2.45, 2.75) is 65.2 Å². The summed E-state index contributed by atoms with van der Waals surface area (Å²) in [5.41, 5.74) is 1.04. The number of fused-ring (bicyclic) bond motifs is 3. The average molecular weight is 508 g/mol. The molecule has 0 spiro atoms. The Morgan fingerprint density at radius 2 is 1.81 bits per heavy atom. The highest BCUT2D eigenvalue weighted by molar-refractivity contribution is 6.13. The van der Waals surface area contributed by atoms with Crippen molar-refractivity contribution in [2.24, 2.45) is 0 Å². The summed E-state index contributed by atoms with van der Waals surface area (Å²) >= 11 is 0. The number of aromatic nitrogens is 3. The van der Waals surface area contributed by atoms with E-state index in [2.05, 4.69) is 10.3 Å². The van der Waals surface area contributed by atoms with Gasteiger partial charge in [-0.15, -0.1) is 0 Å². The molecular formula is C27H33N5O5. The molecule has 3 heterocycles. The van der Waals surface area contributed by atoms with Gasteiger partial charge in [0.2, 0.25) is 5.91 Å². The lowest BCUT2D eigenvalue weighted by Gasteiger charge is -2.20. The van der Waals surface area contributed by atoms with Gasteiger partial charge in [-0.25, -0.2) is 9.97 Å². The number of para-hydroxylation sites is 1. The number of rotatable bonds is 12. The minimum Gasteiger partial charge on any atom is -0.389 e. The van der Waals surface area contributed by atoms with Crippen molar-refractivity contribution in [3.05, 3.63) is 42.2 Å². The highest BCUT2D eigenvalue weighted by Crippen LogP contribution is 2.31. The third-order valence-corrected chi connectivity index (χ3v) is 6.09. The normalized spacial score (nSPS) is 13.9. The van der Waals surface area contributed by atoms with Gasteiger partial charge in [0.05, 0.1) is 23.2 Å². The number of carbonyl (C=O) groups excluding carboxylic acids is 3. The molecule has 2 N–H and O–H groups in total. The van der Waals surface area contributed by atoms with Crippen LogP contribution >= 0.6 is 0 Å². The van der Waals surface area contributed by atoms with Crippen molar-refractivity contribution < 1.29 is 24.2 Å². The van der Waals surface area contributed by atoms with Gasteiger partial charge in [0.25, 0.3) is 11.8 Å². The van der Waals surface area contributed by atoms with Crippen molar-refractivity contribution in [3.8, 4) is 0 Å². The quantitative estimate of drug-likeness (QED) is 0.284. The minimum absolute atomic E-state index is 0.192. The number of imidazole rings is 1. The van der Waals surface area contributed by atoms with Crippen LogP contribution in [-0.2, 0) is 32.3 Å². The van der Waals surface area contributed by atoms with E-state index in [1.165, 1.54) is 17.1 Å². The zero-order valence-electron chi connectivity index (χ0n) is 21.5. The van der Waals surface area contributed by atoms with Crippen LogP contribution in [0.2, 0.25) is 0 Å². The van der Waals surface area contributed by atoms with Crippen molar-refractivity contribution >= 4 is 45.5 Å². The Balaban J connectivity index is 1.53. The maximum absolute atomic E-state index is 12.8. The highest BCUT2D eigenvalue weighted by Gasteiger charge is 2.24. The second-order valence-electron chi connectivity index (χ2n) is 9.76. The van der Waals surface area contributed by atoms with E-state index in [0.29, 0.717) is 61.6 Å². The number of unbranched alkanes of at least 4 members (excludes halogenated alkanes) is 2. The van der Waals surface area contributed by atoms with Crippen LogP contribution in [0, 0.1) is 0 Å². The molecule has 0 radical (unpaired) electrons. The molecule has 1 aliphatic rings. The predicted molar refractivity (Wildman–Crippen MR) is 140 cm³/mol. The molecule has 0 fully saturated rings. The summed E-state index contributed by atoms with van der Waals surface area (Å²) in [4.78, 5) is 46.8. The maximum Gasteiger partial charge on any atom is 0.253 e. The van der Waals surface area contributed by atoms with E-state index in [9.17, 15) is 19.5 Å². The number of ether oxygens (including phenoxy) is 1. The Hall–Kier alpha value is -3.63. The first kappa shape index (κ1) is 26.4. The SMILES string of the molecule is CCOCc1nc2c(NC(=O)CCCCCN3C(=O)C=CC3=O)nc3ccccc3c2n1CC(C)(C)O. The number of benzene rings is 1. The summed E-state index contributed by atoms with van der Waals surface area (Å²) in [7, 11) is 0. The number of hydrogen-bond acceptors (Lipinski definition) is 7. The molecule has 3 amide bonds. The molecule has 0 aliphatic carbocycles. The first-order valence-corrected chi connectivity index (χ1v) is 12.6. The van der Waals surface area contributed by atoms with Crippen molar-refractivity contribution in [1.82, 2.24) is 19.4 Å². The number of imide groups is 1. The van der Waals surface area contributed by atoms with Crippen LogP contribution < -0.4 is 5.32 Å². The lowest BCUT2D eigenvalue weighted by molar-refractivity contribution is -0.136. The third kappa shape index (κ3) is 6.20. The van der Waals surface area contributed by atoms with Crippen molar-refractivity contribution in [2.75, 3.05) is 18.5 Å². The van der Waals surface area contributed by atoms with Gasteiger partial charge in [0.15, 0.2) is 5.82 Å². The first-order chi connectivity index (χ1) is 17.7. The highest BCUT2D eigenvalue weighted by atomic mass is 16.5. The van der Waals surface area contributed by atoms with Crippen LogP contribution in [0.15, 0.2) is 36.4 Å². The second kappa shape index (κ2) is 11.2. The Bertz CT molecular complexity index is 1340. The lowest BCUT2D eigenvalue weighted by atomic mass is 10.1. The molecule has 10 nitrogen and oxygen atoms in total. The van der Waals surface area contributed by atoms with Crippen molar-refractivity contribution in [1.29, 1.82) is 0 Å². The molecule has 1 aliphatic heterocycles. The van der Waals surface area contributed by atoms with Gasteiger partial charge in [-0.2, -0.15) is 0 Å². The molecule has 2 aromatic heterocycles. The van der Waals surface area contributed by atoms with E-state index >= 15 is 0 Å². The van der Waals surface area contributed by atoms with E-state index < -0.39 is 5.60 Å². The zero-order valence-corrected chi connectivity index (χ0v) is 21.5. The Labute approximate surface area is 215 Å². The topological polar surface area (TPSA) is 127 Å². The van der Waals surface area contributed by atoms with E-state index in [4.69, 9.17) is 9.72 Å². The fourth-order valence-corrected chi connectivity index (χ4v) is 4.41. The van der Waals surface area contributed by atoms with Crippen LogP contribution in [0.1, 0.15) is 52.3 Å². The molecule has 10 heteroatoms. The number of anilines is 1. The predicted octanol–water partition coefficient (Wildman–Crippen LogP) is 3.32. The van der Waals surface area contributed by atoms with Gasteiger partial charge < -0.3 is 19.7 Å². The van der Waals surface area contributed by atoms with E-state index in [1.807, 2.05) is 35.8 Å². The smallest absolute Gasteiger partial charge is 0.253 e. The van der Waals surface area contributed by atoms with Gasteiger partial charge in [0, 0.05) is 37.1 Å². The molecule has 1 aromatic carbocycles. The molecule has 0 atom stereocenters. The molecule has 0 unspecified atom stereocenters. The summed E-state index contributed by atoms with van der Waals surface area (Å²) in [5.74, 6) is 0.240. The number of carbonyl (C=O) groups is 3. The molecule has 0 saturated carbocycles. The molecule has 3 aromatic rings. The number of nitrogens with one attached hydrogen (secondary N) is 1. The summed E-state index contributed by atoms with van der Waals surface area (Å²) < 4.78 is 7.59. The van der Waals surface area contributed by atoms with Crippen LogP contribution in [-0.4, -0.2) is 61.0 Å². The van der Waals surface area contributed by atoms with Crippen LogP contribution in [0.4, 0.5) is 5.82 Å². The van der Waals surface area contributed by atoms with E-state index in [0.717, 1.165) is 10.9 Å².